The lowest BCUT2D eigenvalue weighted by molar-refractivity contribution is -0.299. The van der Waals surface area contributed by atoms with Crippen LogP contribution >= 0.6 is 0 Å². The first-order valence-corrected chi connectivity index (χ1v) is 11.7. The van der Waals surface area contributed by atoms with Gasteiger partial charge in [0.2, 0.25) is 0 Å². The number of aromatic nitrogens is 3. The first-order valence-electron chi connectivity index (χ1n) is 11.7. The van der Waals surface area contributed by atoms with Crippen LogP contribution in [0.25, 0.3) is 10.9 Å². The molecule has 3 N–H and O–H groups in total. The number of rotatable bonds is 4. The molecule has 8 nitrogen and oxygen atoms in total. The van der Waals surface area contributed by atoms with Gasteiger partial charge in [-0.2, -0.15) is 23.5 Å². The van der Waals surface area contributed by atoms with Crippen molar-refractivity contribution >= 4 is 22.4 Å². The second kappa shape index (κ2) is 8.08. The van der Waals surface area contributed by atoms with Gasteiger partial charge in [-0.05, 0) is 48.6 Å². The van der Waals surface area contributed by atoms with Crippen molar-refractivity contribution in [3.05, 3.63) is 51.9 Å². The summed E-state index contributed by atoms with van der Waals surface area (Å²) in [6.07, 6.45) is -1.79. The van der Waals surface area contributed by atoms with Gasteiger partial charge in [0.05, 0.1) is 30.2 Å². The highest BCUT2D eigenvalue weighted by Crippen LogP contribution is 2.58. The number of benzene rings is 1. The van der Waals surface area contributed by atoms with E-state index in [4.69, 9.17) is 4.74 Å². The summed E-state index contributed by atoms with van der Waals surface area (Å²) in [5.74, 6) is 0.220. The van der Waals surface area contributed by atoms with Crippen LogP contribution in [0.5, 0.6) is 0 Å². The lowest BCUT2D eigenvalue weighted by Crippen LogP contribution is -2.50. The third kappa shape index (κ3) is 3.43. The van der Waals surface area contributed by atoms with Crippen molar-refractivity contribution in [3.63, 3.8) is 0 Å². The predicted molar refractivity (Wildman–Crippen MR) is 126 cm³/mol. The standard InChI is InChI=1S/C25H26F3N5O3/c1-22(2)13-15-12-16(4-5-17(15)24(22,35)25(26,27)28)31-20-19-18(6-10-30-21(19)34)33(32-20)23(8-9-29)7-3-11-36-14-23/h4-6,10,12,35H,3,7-8,11,13-14H2,1-2H3,(H,30,34)(H,31,32). The van der Waals surface area contributed by atoms with E-state index in [0.29, 0.717) is 29.8 Å². The smallest absolute Gasteiger partial charge is 0.379 e. The Hall–Kier alpha value is -3.36. The van der Waals surface area contributed by atoms with Gasteiger partial charge in [0.1, 0.15) is 5.39 Å². The van der Waals surface area contributed by atoms with Gasteiger partial charge < -0.3 is 20.1 Å². The van der Waals surface area contributed by atoms with Crippen LogP contribution in [0.1, 0.15) is 44.2 Å². The molecule has 3 heterocycles. The van der Waals surface area contributed by atoms with Crippen LogP contribution in [0.4, 0.5) is 24.7 Å². The van der Waals surface area contributed by atoms with Crippen molar-refractivity contribution in [2.75, 3.05) is 18.5 Å². The Bertz CT molecular complexity index is 1430. The van der Waals surface area contributed by atoms with Gasteiger partial charge in [-0.25, -0.2) is 0 Å². The van der Waals surface area contributed by atoms with Gasteiger partial charge in [0.15, 0.2) is 11.4 Å². The number of fused-ring (bicyclic) bond motifs is 2. The minimum Gasteiger partial charge on any atom is -0.379 e. The largest absolute Gasteiger partial charge is 0.421 e. The van der Waals surface area contributed by atoms with E-state index in [0.717, 1.165) is 6.42 Å². The Labute approximate surface area is 204 Å². The molecule has 2 aromatic heterocycles. The average Bonchev–Trinajstić information content (AvgIpc) is 3.28. The van der Waals surface area contributed by atoms with Gasteiger partial charge >= 0.3 is 6.18 Å². The monoisotopic (exact) mass is 501 g/mol. The van der Waals surface area contributed by atoms with Crippen LogP contribution in [0.3, 0.4) is 0 Å². The lowest BCUT2D eigenvalue weighted by atomic mass is 9.75. The van der Waals surface area contributed by atoms with Crippen LogP contribution in [0.15, 0.2) is 35.3 Å². The molecule has 190 valence electrons. The normalized spacial score (nSPS) is 25.5. The van der Waals surface area contributed by atoms with E-state index in [2.05, 4.69) is 21.5 Å². The number of hydrogen-bond donors (Lipinski definition) is 3. The highest BCUT2D eigenvalue weighted by molar-refractivity contribution is 5.91. The molecule has 0 saturated carbocycles. The van der Waals surface area contributed by atoms with E-state index in [1.165, 1.54) is 32.2 Å². The molecule has 3 aromatic rings. The van der Waals surface area contributed by atoms with Crippen LogP contribution in [0.2, 0.25) is 0 Å². The average molecular weight is 502 g/mol. The summed E-state index contributed by atoms with van der Waals surface area (Å²) in [7, 11) is 0. The molecule has 1 aliphatic heterocycles. The van der Waals surface area contributed by atoms with Crippen molar-refractivity contribution in [1.82, 2.24) is 14.8 Å². The predicted octanol–water partition coefficient (Wildman–Crippen LogP) is 4.22. The molecule has 0 radical (unpaired) electrons. The highest BCUT2D eigenvalue weighted by atomic mass is 19.4. The van der Waals surface area contributed by atoms with E-state index < -0.39 is 22.7 Å². The lowest BCUT2D eigenvalue weighted by Gasteiger charge is -2.38. The van der Waals surface area contributed by atoms with E-state index in [1.54, 1.807) is 16.8 Å². The first kappa shape index (κ1) is 24.3. The Kier molecular flexibility index (Phi) is 5.46. The van der Waals surface area contributed by atoms with Crippen LogP contribution in [-0.2, 0) is 22.3 Å². The zero-order chi connectivity index (χ0) is 25.9. The third-order valence-corrected chi connectivity index (χ3v) is 7.54. The summed E-state index contributed by atoms with van der Waals surface area (Å²) in [6, 6.07) is 8.18. The van der Waals surface area contributed by atoms with Crippen LogP contribution < -0.4 is 10.9 Å². The Balaban J connectivity index is 1.60. The summed E-state index contributed by atoms with van der Waals surface area (Å²) in [5.41, 5.74) is -4.42. The molecule has 1 aliphatic carbocycles. The number of anilines is 2. The molecule has 0 amide bonds. The number of halogens is 3. The van der Waals surface area contributed by atoms with Crippen molar-refractivity contribution in [2.24, 2.45) is 5.41 Å². The Morgan fingerprint density at radius 2 is 2.11 bits per heavy atom. The van der Waals surface area contributed by atoms with Crippen molar-refractivity contribution in [1.29, 1.82) is 5.26 Å². The molecule has 1 saturated heterocycles. The van der Waals surface area contributed by atoms with Gasteiger partial charge in [-0.15, -0.1) is 0 Å². The summed E-state index contributed by atoms with van der Waals surface area (Å²) >= 11 is 0. The van der Waals surface area contributed by atoms with Gasteiger partial charge in [-0.3, -0.25) is 9.48 Å². The van der Waals surface area contributed by atoms with Crippen molar-refractivity contribution in [2.45, 2.75) is 56.8 Å². The minimum absolute atomic E-state index is 0.0201. The molecule has 2 atom stereocenters. The highest BCUT2D eigenvalue weighted by Gasteiger charge is 2.66. The number of nitrogens with one attached hydrogen (secondary N) is 2. The molecule has 0 bridgehead atoms. The third-order valence-electron chi connectivity index (χ3n) is 7.54. The maximum Gasteiger partial charge on any atom is 0.421 e. The number of aliphatic hydroxyl groups is 1. The minimum atomic E-state index is -4.84. The topological polar surface area (TPSA) is 116 Å². The van der Waals surface area contributed by atoms with E-state index in [-0.39, 0.29) is 41.8 Å². The summed E-state index contributed by atoms with van der Waals surface area (Å²) in [5, 5.41) is 28.3. The number of alkyl halides is 3. The summed E-state index contributed by atoms with van der Waals surface area (Å²) in [6.45, 7) is 3.63. The summed E-state index contributed by atoms with van der Waals surface area (Å²) < 4.78 is 49.1. The number of aromatic amines is 1. The number of pyridine rings is 1. The molecule has 11 heteroatoms. The molecule has 1 aromatic carbocycles. The van der Waals surface area contributed by atoms with Gasteiger partial charge in [0.25, 0.3) is 5.56 Å². The van der Waals surface area contributed by atoms with Crippen LogP contribution in [-0.4, -0.2) is 39.3 Å². The number of hydrogen-bond acceptors (Lipinski definition) is 6. The zero-order valence-corrected chi connectivity index (χ0v) is 19.9. The number of nitrogens with zero attached hydrogens (tertiary/aromatic N) is 3. The maximum atomic E-state index is 13.9. The molecule has 2 aliphatic rings. The van der Waals surface area contributed by atoms with Crippen molar-refractivity contribution in [3.8, 4) is 6.07 Å². The number of ether oxygens (including phenoxy) is 1. The second-order valence-electron chi connectivity index (χ2n) is 10.3. The SMILES string of the molecule is CC1(C)Cc2cc(Nc3nn(C4(CC#N)CCCOC4)c4cc[nH]c(=O)c34)ccc2C1(O)C(F)(F)F. The molecule has 2 unspecified atom stereocenters. The Morgan fingerprint density at radius 1 is 1.33 bits per heavy atom. The number of nitriles is 1. The molecular formula is C25H26F3N5O3. The fourth-order valence-electron chi connectivity index (χ4n) is 5.70. The van der Waals surface area contributed by atoms with Gasteiger partial charge in [0, 0.05) is 23.9 Å². The fourth-order valence-corrected chi connectivity index (χ4v) is 5.70. The quantitative estimate of drug-likeness (QED) is 0.493. The molecule has 36 heavy (non-hydrogen) atoms. The fraction of sp³-hybridized carbons (Fsp3) is 0.480. The second-order valence-corrected chi connectivity index (χ2v) is 10.3. The van der Waals surface area contributed by atoms with Gasteiger partial charge in [-0.1, -0.05) is 19.9 Å². The maximum absolute atomic E-state index is 13.9. The summed E-state index contributed by atoms with van der Waals surface area (Å²) in [4.78, 5) is 15.5. The molecule has 0 spiro atoms. The Morgan fingerprint density at radius 3 is 2.78 bits per heavy atom. The zero-order valence-electron chi connectivity index (χ0n) is 19.9. The van der Waals surface area contributed by atoms with Crippen LogP contribution in [0, 0.1) is 16.7 Å². The number of H-pyrrole nitrogens is 1. The van der Waals surface area contributed by atoms with E-state index in [9.17, 15) is 28.3 Å². The van der Waals surface area contributed by atoms with E-state index in [1.807, 2.05) is 0 Å². The molecule has 1 fully saturated rings. The van der Waals surface area contributed by atoms with E-state index >= 15 is 0 Å². The first-order chi connectivity index (χ1) is 16.9. The molecular weight excluding hydrogens is 475 g/mol. The molecule has 5 rings (SSSR count). The van der Waals surface area contributed by atoms with Crippen molar-refractivity contribution < 1.29 is 23.0 Å².